The fourth-order valence-electron chi connectivity index (χ4n) is 3.40. The van der Waals surface area contributed by atoms with Crippen LogP contribution in [0.3, 0.4) is 0 Å². The third kappa shape index (κ3) is 5.21. The van der Waals surface area contributed by atoms with Crippen molar-refractivity contribution in [1.29, 1.82) is 5.26 Å². The van der Waals surface area contributed by atoms with Gasteiger partial charge in [-0.15, -0.1) is 11.3 Å². The molecule has 2 N–H and O–H groups in total. The van der Waals surface area contributed by atoms with Crippen molar-refractivity contribution in [1.82, 2.24) is 4.57 Å². The van der Waals surface area contributed by atoms with E-state index in [1.54, 1.807) is 72.8 Å². The molecule has 36 heavy (non-hydrogen) atoms. The highest BCUT2D eigenvalue weighted by atomic mass is 79.9. The molecule has 0 aliphatic carbocycles. The number of para-hydroxylation sites is 1. The Hall–Kier alpha value is -3.84. The number of ether oxygens (including phenoxy) is 1. The van der Waals surface area contributed by atoms with E-state index in [2.05, 4.69) is 21.2 Å². The maximum atomic E-state index is 13.5. The molecule has 0 unspecified atom stereocenters. The predicted molar refractivity (Wildman–Crippen MR) is 144 cm³/mol. The van der Waals surface area contributed by atoms with Crippen LogP contribution in [0.5, 0.6) is 11.5 Å². The van der Waals surface area contributed by atoms with Gasteiger partial charge in [-0.3, -0.25) is 14.2 Å². The average Bonchev–Trinajstić information content (AvgIpc) is 3.17. The second kappa shape index (κ2) is 10.8. The van der Waals surface area contributed by atoms with Crippen molar-refractivity contribution in [2.24, 2.45) is 0 Å². The van der Waals surface area contributed by atoms with Gasteiger partial charge in [0.1, 0.15) is 10.7 Å². The van der Waals surface area contributed by atoms with Crippen LogP contribution in [-0.2, 0) is 4.79 Å². The first-order valence-electron chi connectivity index (χ1n) is 10.4. The van der Waals surface area contributed by atoms with Crippen LogP contribution in [0, 0.1) is 11.3 Å². The van der Waals surface area contributed by atoms with Gasteiger partial charge in [-0.2, -0.15) is 5.26 Å². The summed E-state index contributed by atoms with van der Waals surface area (Å²) in [5.74, 6) is -0.520. The Morgan fingerprint density at radius 2 is 1.94 bits per heavy atom. The zero-order chi connectivity index (χ0) is 25.8. The van der Waals surface area contributed by atoms with Crippen LogP contribution in [0.1, 0.15) is 5.56 Å². The Labute approximate surface area is 222 Å². The van der Waals surface area contributed by atoms with Gasteiger partial charge in [-0.05, 0) is 70.0 Å². The Morgan fingerprint density at radius 1 is 1.19 bits per heavy atom. The molecule has 1 heterocycles. The Morgan fingerprint density at radius 3 is 2.61 bits per heavy atom. The Bertz CT molecular complexity index is 1690. The van der Waals surface area contributed by atoms with Crippen molar-refractivity contribution in [2.75, 3.05) is 12.4 Å². The monoisotopic (exact) mass is 581 g/mol. The van der Waals surface area contributed by atoms with Crippen molar-refractivity contribution >= 4 is 62.1 Å². The zero-order valence-corrected chi connectivity index (χ0v) is 21.8. The van der Waals surface area contributed by atoms with E-state index in [0.717, 1.165) is 11.3 Å². The Kier molecular flexibility index (Phi) is 7.60. The maximum absolute atomic E-state index is 13.5. The molecule has 1 amide bonds. The molecule has 0 aliphatic heterocycles. The summed E-state index contributed by atoms with van der Waals surface area (Å²) < 4.78 is 7.36. The number of nitriles is 1. The predicted octanol–water partition coefficient (Wildman–Crippen LogP) is 4.17. The fraction of sp³-hybridized carbons (Fsp3) is 0.0385. The summed E-state index contributed by atoms with van der Waals surface area (Å²) in [5.41, 5.74) is 0.848. The van der Waals surface area contributed by atoms with E-state index in [-0.39, 0.29) is 26.3 Å². The number of phenolic OH excluding ortho intramolecular Hbond substituents is 1. The molecule has 180 valence electrons. The minimum Gasteiger partial charge on any atom is -0.503 e. The van der Waals surface area contributed by atoms with E-state index in [0.29, 0.717) is 26.4 Å². The average molecular weight is 583 g/mol. The van der Waals surface area contributed by atoms with Gasteiger partial charge in [0.05, 0.1) is 21.8 Å². The highest BCUT2D eigenvalue weighted by Gasteiger charge is 2.18. The first-order valence-corrected chi connectivity index (χ1v) is 12.4. The number of phenols is 1. The van der Waals surface area contributed by atoms with Crippen LogP contribution in [0.2, 0.25) is 5.02 Å². The number of aromatic hydroxyl groups is 1. The van der Waals surface area contributed by atoms with Gasteiger partial charge >= 0.3 is 0 Å². The van der Waals surface area contributed by atoms with E-state index in [9.17, 15) is 20.0 Å². The summed E-state index contributed by atoms with van der Waals surface area (Å²) in [6, 6.07) is 20.4. The number of anilines is 1. The number of aromatic nitrogens is 1. The molecule has 0 saturated carbocycles. The van der Waals surface area contributed by atoms with E-state index in [4.69, 9.17) is 16.3 Å². The van der Waals surface area contributed by atoms with E-state index < -0.39 is 11.5 Å². The van der Waals surface area contributed by atoms with E-state index in [1.165, 1.54) is 11.7 Å². The number of nitrogens with zero attached hydrogens (tertiary/aromatic N) is 2. The first-order chi connectivity index (χ1) is 17.3. The number of hydrogen-bond donors (Lipinski definition) is 2. The fourth-order valence-corrected chi connectivity index (χ4v) is 5.15. The summed E-state index contributed by atoms with van der Waals surface area (Å²) in [5, 5.41) is 23.1. The van der Waals surface area contributed by atoms with Crippen molar-refractivity contribution in [3.8, 4) is 23.3 Å². The summed E-state index contributed by atoms with van der Waals surface area (Å²) in [7, 11) is 1.42. The van der Waals surface area contributed by atoms with Gasteiger partial charge in [0.25, 0.3) is 11.5 Å². The van der Waals surface area contributed by atoms with Crippen LogP contribution < -0.4 is 24.8 Å². The molecule has 0 bridgehead atoms. The molecule has 4 rings (SSSR count). The number of benzene rings is 3. The molecule has 0 aliphatic rings. The van der Waals surface area contributed by atoms with Gasteiger partial charge in [-0.1, -0.05) is 35.9 Å². The van der Waals surface area contributed by atoms with Gasteiger partial charge in [0.15, 0.2) is 17.1 Å². The maximum Gasteiger partial charge on any atom is 0.273 e. The minimum atomic E-state index is -0.675. The molecule has 7 nitrogen and oxygen atoms in total. The lowest BCUT2D eigenvalue weighted by atomic mass is 10.2. The topological polar surface area (TPSA) is 104 Å². The second-order valence-electron chi connectivity index (χ2n) is 7.40. The molecule has 0 radical (unpaired) electrons. The molecular weight excluding hydrogens is 566 g/mol. The molecule has 0 fully saturated rings. The number of nitrogens with one attached hydrogen (secondary N) is 1. The van der Waals surface area contributed by atoms with Crippen molar-refractivity contribution in [2.45, 2.75) is 0 Å². The lowest BCUT2D eigenvalue weighted by Gasteiger charge is -2.06. The number of thiazole rings is 1. The lowest BCUT2D eigenvalue weighted by molar-refractivity contribution is -0.111. The Balaban J connectivity index is 1.97. The number of rotatable bonds is 5. The van der Waals surface area contributed by atoms with Gasteiger partial charge < -0.3 is 15.2 Å². The molecule has 0 spiro atoms. The van der Waals surface area contributed by atoms with E-state index >= 15 is 0 Å². The molecule has 10 heteroatoms. The molecule has 4 aromatic rings. The van der Waals surface area contributed by atoms with Crippen LogP contribution >= 0.6 is 38.9 Å². The number of halogens is 2. The largest absolute Gasteiger partial charge is 0.503 e. The van der Waals surface area contributed by atoms with Crippen molar-refractivity contribution in [3.63, 3.8) is 0 Å². The second-order valence-corrected chi connectivity index (χ2v) is 9.72. The number of carbonyl (C=O) groups is 1. The normalized spacial score (nSPS) is 12.1. The minimum absolute atomic E-state index is 0.0685. The third-order valence-corrected chi connectivity index (χ3v) is 6.97. The number of hydrogen-bond acceptors (Lipinski definition) is 6. The quantitative estimate of drug-likeness (QED) is 0.368. The first kappa shape index (κ1) is 25.3. The number of methoxy groups -OCH3 is 1. The molecule has 0 saturated heterocycles. The summed E-state index contributed by atoms with van der Waals surface area (Å²) in [4.78, 5) is 26.6. The SMILES string of the molecule is COc1cc(/C=c2/s/c(=C(\C#N)C(=O)Nc3cccc(Cl)c3)n(-c3ccccc3)c2=O)cc(Br)c1O. The van der Waals surface area contributed by atoms with Crippen LogP contribution in [0.25, 0.3) is 17.3 Å². The van der Waals surface area contributed by atoms with Crippen molar-refractivity contribution in [3.05, 3.63) is 101 Å². The van der Waals surface area contributed by atoms with Crippen LogP contribution in [0.4, 0.5) is 5.69 Å². The highest BCUT2D eigenvalue weighted by Crippen LogP contribution is 2.35. The highest BCUT2D eigenvalue weighted by molar-refractivity contribution is 9.10. The van der Waals surface area contributed by atoms with Crippen molar-refractivity contribution < 1.29 is 14.6 Å². The van der Waals surface area contributed by atoms with Gasteiger partial charge in [-0.25, -0.2) is 0 Å². The zero-order valence-electron chi connectivity index (χ0n) is 18.7. The molecule has 0 atom stereocenters. The summed E-state index contributed by atoms with van der Waals surface area (Å²) >= 11 is 10.3. The van der Waals surface area contributed by atoms with Crippen LogP contribution in [-0.4, -0.2) is 22.7 Å². The van der Waals surface area contributed by atoms with E-state index in [1.807, 2.05) is 6.07 Å². The standard InChI is InChI=1S/C26H17BrClN3O4S/c1-35-21-11-15(10-20(27)23(21)32)12-22-25(34)31(18-8-3-2-4-9-18)26(36-22)19(14-29)24(33)30-17-7-5-6-16(28)13-17/h2-13,32H,1H3,(H,30,33)/b22-12+,26-19+. The summed E-state index contributed by atoms with van der Waals surface area (Å²) in [6.45, 7) is 0. The summed E-state index contributed by atoms with van der Waals surface area (Å²) in [6.07, 6.45) is 1.60. The smallest absolute Gasteiger partial charge is 0.273 e. The van der Waals surface area contributed by atoms with Gasteiger partial charge in [0.2, 0.25) is 0 Å². The molecule has 1 aromatic heterocycles. The lowest BCUT2D eigenvalue weighted by Crippen LogP contribution is -2.32. The van der Waals surface area contributed by atoms with Gasteiger partial charge in [0, 0.05) is 10.7 Å². The number of carbonyl (C=O) groups excluding carboxylic acids is 1. The number of amides is 1. The molecule has 3 aromatic carbocycles. The molecular formula is C26H17BrClN3O4S. The van der Waals surface area contributed by atoms with Crippen LogP contribution in [0.15, 0.2) is 76.0 Å². The third-order valence-electron chi connectivity index (χ3n) is 5.04.